The summed E-state index contributed by atoms with van der Waals surface area (Å²) in [7, 11) is 0. The molecule has 3 atom stereocenters. The Balaban J connectivity index is 1.43. The number of ether oxygens (including phenoxy) is 1. The Hall–Kier alpha value is -2.18. The summed E-state index contributed by atoms with van der Waals surface area (Å²) >= 11 is 0. The largest absolute Gasteiger partial charge is 0.373 e. The van der Waals surface area contributed by atoms with Crippen molar-refractivity contribution >= 4 is 5.91 Å². The molecule has 0 spiro atoms. The van der Waals surface area contributed by atoms with Crippen LogP contribution in [-0.4, -0.2) is 69.9 Å². The molecule has 2 aliphatic heterocycles. The van der Waals surface area contributed by atoms with Crippen LogP contribution in [0.1, 0.15) is 42.6 Å². The molecule has 0 radical (unpaired) electrons. The van der Waals surface area contributed by atoms with Crippen LogP contribution in [-0.2, 0) is 4.74 Å². The number of carbonyl (C=O) groups is 1. The molecule has 0 N–H and O–H groups in total. The van der Waals surface area contributed by atoms with Crippen LogP contribution in [0.2, 0.25) is 0 Å². The van der Waals surface area contributed by atoms with E-state index in [1.165, 1.54) is 0 Å². The van der Waals surface area contributed by atoms with Crippen LogP contribution in [0.3, 0.4) is 0 Å². The van der Waals surface area contributed by atoms with E-state index >= 15 is 0 Å². The van der Waals surface area contributed by atoms with Gasteiger partial charge in [0, 0.05) is 44.0 Å². The zero-order valence-corrected chi connectivity index (χ0v) is 17.0. The molecule has 3 unspecified atom stereocenters. The highest BCUT2D eigenvalue weighted by Gasteiger charge is 2.32. The van der Waals surface area contributed by atoms with Crippen molar-refractivity contribution in [2.24, 2.45) is 0 Å². The second kappa shape index (κ2) is 8.05. The van der Waals surface area contributed by atoms with Gasteiger partial charge >= 0.3 is 0 Å². The summed E-state index contributed by atoms with van der Waals surface area (Å²) in [6, 6.07) is 8.07. The van der Waals surface area contributed by atoms with Crippen molar-refractivity contribution in [1.29, 1.82) is 0 Å². The Morgan fingerprint density at radius 3 is 2.54 bits per heavy atom. The van der Waals surface area contributed by atoms with Crippen LogP contribution >= 0.6 is 0 Å². The zero-order valence-electron chi connectivity index (χ0n) is 17.0. The average Bonchev–Trinajstić information content (AvgIpc) is 3.29. The van der Waals surface area contributed by atoms with E-state index in [0.717, 1.165) is 55.8 Å². The SMILES string of the molecule is Cc1cnn(-c2ccc(C(=O)N3CCCC3CN3CC(C)OC(C)C3)cc2)c1. The number of aryl methyl sites for hydroxylation is 1. The maximum Gasteiger partial charge on any atom is 0.254 e. The van der Waals surface area contributed by atoms with Gasteiger partial charge in [-0.1, -0.05) is 0 Å². The van der Waals surface area contributed by atoms with Crippen molar-refractivity contribution in [2.75, 3.05) is 26.2 Å². The summed E-state index contributed by atoms with van der Waals surface area (Å²) in [6.07, 6.45) is 6.49. The van der Waals surface area contributed by atoms with Crippen molar-refractivity contribution in [3.8, 4) is 5.69 Å². The smallest absolute Gasteiger partial charge is 0.254 e. The van der Waals surface area contributed by atoms with Crippen LogP contribution in [0.15, 0.2) is 36.7 Å². The van der Waals surface area contributed by atoms with E-state index in [9.17, 15) is 4.79 Å². The van der Waals surface area contributed by atoms with E-state index in [4.69, 9.17) is 4.74 Å². The summed E-state index contributed by atoms with van der Waals surface area (Å²) in [6.45, 7) is 9.95. The molecular weight excluding hydrogens is 352 g/mol. The lowest BCUT2D eigenvalue weighted by atomic mass is 10.1. The minimum Gasteiger partial charge on any atom is -0.373 e. The second-order valence-corrected chi connectivity index (χ2v) is 8.28. The molecule has 2 fully saturated rings. The molecule has 1 amide bonds. The number of benzene rings is 1. The third-order valence-corrected chi connectivity index (χ3v) is 5.69. The molecule has 3 heterocycles. The first-order valence-corrected chi connectivity index (χ1v) is 10.3. The highest BCUT2D eigenvalue weighted by Crippen LogP contribution is 2.23. The summed E-state index contributed by atoms with van der Waals surface area (Å²) in [5.41, 5.74) is 2.84. The number of morpholine rings is 1. The molecule has 4 rings (SSSR count). The fraction of sp³-hybridized carbons (Fsp3) is 0.545. The number of aromatic nitrogens is 2. The maximum atomic E-state index is 13.1. The first kappa shape index (κ1) is 19.2. The molecule has 2 saturated heterocycles. The van der Waals surface area contributed by atoms with Gasteiger partial charge in [0.2, 0.25) is 0 Å². The third kappa shape index (κ3) is 4.13. The highest BCUT2D eigenvalue weighted by atomic mass is 16.5. The number of hydrogen-bond donors (Lipinski definition) is 0. The standard InChI is InChI=1S/C22H30N4O2/c1-16-11-23-26(12-16)20-8-6-19(7-9-20)22(27)25-10-4-5-21(25)15-24-13-17(2)28-18(3)14-24/h6-9,11-12,17-18,21H,4-5,10,13-15H2,1-3H3. The Morgan fingerprint density at radius 1 is 1.18 bits per heavy atom. The van der Waals surface area contributed by atoms with Gasteiger partial charge in [0.25, 0.3) is 5.91 Å². The van der Waals surface area contributed by atoms with E-state index in [1.807, 2.05) is 48.3 Å². The van der Waals surface area contributed by atoms with Gasteiger partial charge in [-0.15, -0.1) is 0 Å². The van der Waals surface area contributed by atoms with Crippen LogP contribution in [0.4, 0.5) is 0 Å². The Bertz CT molecular complexity index is 806. The number of rotatable bonds is 4. The fourth-order valence-corrected chi connectivity index (χ4v) is 4.50. The molecule has 1 aromatic heterocycles. The first-order chi connectivity index (χ1) is 13.5. The molecule has 0 bridgehead atoms. The van der Waals surface area contributed by atoms with Gasteiger partial charge in [-0.2, -0.15) is 5.10 Å². The highest BCUT2D eigenvalue weighted by molar-refractivity contribution is 5.94. The topological polar surface area (TPSA) is 50.6 Å². The van der Waals surface area contributed by atoms with Crippen molar-refractivity contribution in [3.05, 3.63) is 47.8 Å². The minimum atomic E-state index is 0.139. The zero-order chi connectivity index (χ0) is 19.7. The Morgan fingerprint density at radius 2 is 1.89 bits per heavy atom. The van der Waals surface area contributed by atoms with Crippen LogP contribution in [0.25, 0.3) is 5.69 Å². The van der Waals surface area contributed by atoms with Crippen LogP contribution in [0, 0.1) is 6.92 Å². The molecule has 1 aromatic carbocycles. The molecule has 6 heteroatoms. The first-order valence-electron chi connectivity index (χ1n) is 10.3. The maximum absolute atomic E-state index is 13.1. The summed E-state index contributed by atoms with van der Waals surface area (Å²) in [5.74, 6) is 0.139. The second-order valence-electron chi connectivity index (χ2n) is 8.28. The quantitative estimate of drug-likeness (QED) is 0.816. The Kier molecular flexibility index (Phi) is 5.51. The molecule has 150 valence electrons. The lowest BCUT2D eigenvalue weighted by Gasteiger charge is -2.38. The summed E-state index contributed by atoms with van der Waals surface area (Å²) in [4.78, 5) is 17.7. The Labute approximate surface area is 167 Å². The van der Waals surface area contributed by atoms with E-state index in [2.05, 4.69) is 28.7 Å². The van der Waals surface area contributed by atoms with Crippen molar-refractivity contribution in [2.45, 2.75) is 51.9 Å². The summed E-state index contributed by atoms with van der Waals surface area (Å²) < 4.78 is 7.68. The van der Waals surface area contributed by atoms with Crippen LogP contribution < -0.4 is 0 Å². The molecule has 2 aromatic rings. The fourth-order valence-electron chi connectivity index (χ4n) is 4.50. The number of amides is 1. The summed E-state index contributed by atoms with van der Waals surface area (Å²) in [5, 5.41) is 4.33. The minimum absolute atomic E-state index is 0.139. The van der Waals surface area contributed by atoms with Crippen LogP contribution in [0.5, 0.6) is 0 Å². The molecule has 6 nitrogen and oxygen atoms in total. The van der Waals surface area contributed by atoms with Crippen molar-refractivity contribution in [3.63, 3.8) is 0 Å². The van der Waals surface area contributed by atoms with E-state index in [1.54, 1.807) is 0 Å². The van der Waals surface area contributed by atoms with Gasteiger partial charge in [0.1, 0.15) is 0 Å². The predicted molar refractivity (Wildman–Crippen MR) is 109 cm³/mol. The van der Waals surface area contributed by atoms with Gasteiger partial charge in [0.15, 0.2) is 0 Å². The van der Waals surface area contributed by atoms with Gasteiger partial charge in [-0.3, -0.25) is 9.69 Å². The molecule has 0 aliphatic carbocycles. The third-order valence-electron chi connectivity index (χ3n) is 5.69. The van der Waals surface area contributed by atoms with Gasteiger partial charge in [-0.05, 0) is 63.4 Å². The number of likely N-dealkylation sites (tertiary alicyclic amines) is 1. The molecule has 28 heavy (non-hydrogen) atoms. The molecular formula is C22H30N4O2. The number of carbonyl (C=O) groups excluding carboxylic acids is 1. The van der Waals surface area contributed by atoms with Gasteiger partial charge in [-0.25, -0.2) is 4.68 Å². The number of nitrogens with zero attached hydrogens (tertiary/aromatic N) is 4. The number of hydrogen-bond acceptors (Lipinski definition) is 4. The van der Waals surface area contributed by atoms with Gasteiger partial charge in [0.05, 0.1) is 24.1 Å². The normalized spacial score (nSPS) is 26.0. The average molecular weight is 383 g/mol. The predicted octanol–water partition coefficient (Wildman–Crippen LogP) is 2.89. The molecule has 0 saturated carbocycles. The van der Waals surface area contributed by atoms with E-state index < -0.39 is 0 Å². The lowest BCUT2D eigenvalue weighted by Crippen LogP contribution is -2.50. The van der Waals surface area contributed by atoms with E-state index in [0.29, 0.717) is 6.04 Å². The van der Waals surface area contributed by atoms with Crippen molar-refractivity contribution in [1.82, 2.24) is 19.6 Å². The van der Waals surface area contributed by atoms with E-state index in [-0.39, 0.29) is 18.1 Å². The monoisotopic (exact) mass is 382 g/mol. The molecule has 2 aliphatic rings. The lowest BCUT2D eigenvalue weighted by molar-refractivity contribution is -0.0715. The van der Waals surface area contributed by atoms with Gasteiger partial charge < -0.3 is 9.64 Å². The van der Waals surface area contributed by atoms with Crippen molar-refractivity contribution < 1.29 is 9.53 Å².